The third-order valence-electron chi connectivity index (χ3n) is 4.81. The molecule has 2 aromatic rings. The fourth-order valence-corrected chi connectivity index (χ4v) is 2.91. The van der Waals surface area contributed by atoms with Gasteiger partial charge < -0.3 is 16.4 Å². The molecule has 1 saturated carbocycles. The van der Waals surface area contributed by atoms with E-state index in [9.17, 15) is 9.59 Å². The maximum absolute atomic E-state index is 12.4. The highest BCUT2D eigenvalue weighted by molar-refractivity contribution is 5.98. The van der Waals surface area contributed by atoms with E-state index in [2.05, 4.69) is 34.9 Å². The molecule has 1 fully saturated rings. The van der Waals surface area contributed by atoms with Crippen LogP contribution in [0.15, 0.2) is 48.5 Å². The van der Waals surface area contributed by atoms with Gasteiger partial charge in [0.1, 0.15) is 6.04 Å². The van der Waals surface area contributed by atoms with Crippen molar-refractivity contribution in [3.8, 4) is 11.1 Å². The van der Waals surface area contributed by atoms with Crippen molar-refractivity contribution in [3.05, 3.63) is 59.7 Å². The SMILES string of the molecule is C[C@@H](N)[C@H](NC(=O)c1ccc(-c2ccc(CNC3CC3)cc2)cc1)C(=O)NO. The second-order valence-electron chi connectivity index (χ2n) is 7.22. The van der Waals surface area contributed by atoms with E-state index in [1.165, 1.54) is 23.9 Å². The fraction of sp³-hybridized carbons (Fsp3) is 0.333. The molecule has 0 spiro atoms. The normalized spacial score (nSPS) is 15.5. The van der Waals surface area contributed by atoms with Crippen LogP contribution < -0.4 is 21.8 Å². The molecule has 148 valence electrons. The molecular formula is C21H26N4O3. The maximum atomic E-state index is 12.4. The molecule has 7 nitrogen and oxygen atoms in total. The average Bonchev–Trinajstić information content (AvgIpc) is 3.54. The van der Waals surface area contributed by atoms with Gasteiger partial charge in [0.05, 0.1) is 0 Å². The van der Waals surface area contributed by atoms with Gasteiger partial charge >= 0.3 is 0 Å². The molecule has 0 heterocycles. The van der Waals surface area contributed by atoms with Crippen LogP contribution in [0.25, 0.3) is 11.1 Å². The summed E-state index contributed by atoms with van der Waals surface area (Å²) in [6, 6.07) is 14.5. The number of hydrogen-bond donors (Lipinski definition) is 5. The van der Waals surface area contributed by atoms with Gasteiger partial charge in [-0.2, -0.15) is 0 Å². The highest BCUT2D eigenvalue weighted by atomic mass is 16.5. The van der Waals surface area contributed by atoms with Gasteiger partial charge in [-0.3, -0.25) is 14.8 Å². The molecule has 0 unspecified atom stereocenters. The molecule has 1 aliphatic carbocycles. The first-order valence-electron chi connectivity index (χ1n) is 9.41. The van der Waals surface area contributed by atoms with E-state index in [1.54, 1.807) is 19.1 Å². The number of nitrogens with one attached hydrogen (secondary N) is 3. The third kappa shape index (κ3) is 5.16. The Hall–Kier alpha value is -2.74. The van der Waals surface area contributed by atoms with Crippen molar-refractivity contribution in [2.24, 2.45) is 5.73 Å². The minimum absolute atomic E-state index is 0.408. The number of carbonyl (C=O) groups is 2. The van der Waals surface area contributed by atoms with E-state index in [4.69, 9.17) is 10.9 Å². The Morgan fingerprint density at radius 3 is 2.14 bits per heavy atom. The predicted octanol–water partition coefficient (Wildman–Crippen LogP) is 1.56. The van der Waals surface area contributed by atoms with Crippen molar-refractivity contribution in [2.45, 2.75) is 44.4 Å². The Balaban J connectivity index is 1.63. The maximum Gasteiger partial charge on any atom is 0.267 e. The Morgan fingerprint density at radius 2 is 1.64 bits per heavy atom. The third-order valence-corrected chi connectivity index (χ3v) is 4.81. The van der Waals surface area contributed by atoms with Crippen LogP contribution in [-0.2, 0) is 11.3 Å². The monoisotopic (exact) mass is 382 g/mol. The Morgan fingerprint density at radius 1 is 1.07 bits per heavy atom. The molecule has 1 aliphatic rings. The van der Waals surface area contributed by atoms with E-state index in [-0.39, 0.29) is 0 Å². The molecule has 6 N–H and O–H groups in total. The number of hydrogen-bond acceptors (Lipinski definition) is 5. The zero-order valence-electron chi connectivity index (χ0n) is 15.8. The van der Waals surface area contributed by atoms with Crippen LogP contribution in [0.5, 0.6) is 0 Å². The molecule has 0 radical (unpaired) electrons. The summed E-state index contributed by atoms with van der Waals surface area (Å²) in [5, 5.41) is 14.8. The first kappa shape index (κ1) is 20.0. The molecule has 2 atom stereocenters. The molecule has 0 saturated heterocycles. The molecule has 0 aromatic heterocycles. The molecule has 2 amide bonds. The van der Waals surface area contributed by atoms with Gasteiger partial charge in [-0.25, -0.2) is 5.48 Å². The van der Waals surface area contributed by atoms with Crippen molar-refractivity contribution in [2.75, 3.05) is 0 Å². The molecule has 28 heavy (non-hydrogen) atoms. The smallest absolute Gasteiger partial charge is 0.267 e. The first-order chi connectivity index (χ1) is 13.5. The molecule has 3 rings (SSSR count). The summed E-state index contributed by atoms with van der Waals surface area (Å²) < 4.78 is 0. The lowest BCUT2D eigenvalue weighted by molar-refractivity contribution is -0.131. The van der Waals surface area contributed by atoms with Crippen molar-refractivity contribution < 1.29 is 14.8 Å². The Labute approximate surface area is 164 Å². The minimum Gasteiger partial charge on any atom is -0.339 e. The fourth-order valence-electron chi connectivity index (χ4n) is 2.91. The lowest BCUT2D eigenvalue weighted by Crippen LogP contribution is -2.54. The van der Waals surface area contributed by atoms with E-state index in [1.807, 2.05) is 12.1 Å². The van der Waals surface area contributed by atoms with Crippen LogP contribution in [0.3, 0.4) is 0 Å². The van der Waals surface area contributed by atoms with Crippen molar-refractivity contribution in [3.63, 3.8) is 0 Å². The molecule has 0 aliphatic heterocycles. The topological polar surface area (TPSA) is 116 Å². The van der Waals surface area contributed by atoms with Crippen LogP contribution in [0, 0.1) is 0 Å². The summed E-state index contributed by atoms with van der Waals surface area (Å²) in [6.45, 7) is 2.46. The highest BCUT2D eigenvalue weighted by Gasteiger charge is 2.24. The second-order valence-corrected chi connectivity index (χ2v) is 7.22. The summed E-state index contributed by atoms with van der Waals surface area (Å²) in [7, 11) is 0. The number of nitrogens with two attached hydrogens (primary N) is 1. The van der Waals surface area contributed by atoms with Crippen LogP contribution >= 0.6 is 0 Å². The van der Waals surface area contributed by atoms with Crippen molar-refractivity contribution in [1.82, 2.24) is 16.1 Å². The van der Waals surface area contributed by atoms with Gasteiger partial charge in [-0.1, -0.05) is 36.4 Å². The molecule has 0 bridgehead atoms. The number of rotatable bonds is 8. The number of amides is 2. The lowest BCUT2D eigenvalue weighted by atomic mass is 10.0. The van der Waals surface area contributed by atoms with E-state index in [0.717, 1.165) is 17.7 Å². The van der Waals surface area contributed by atoms with Gasteiger partial charge in [0.2, 0.25) is 0 Å². The molecular weight excluding hydrogens is 356 g/mol. The van der Waals surface area contributed by atoms with Crippen LogP contribution in [0.2, 0.25) is 0 Å². The van der Waals surface area contributed by atoms with E-state index < -0.39 is 23.9 Å². The van der Waals surface area contributed by atoms with Gasteiger partial charge in [-0.05, 0) is 48.6 Å². The van der Waals surface area contributed by atoms with E-state index >= 15 is 0 Å². The quantitative estimate of drug-likeness (QED) is 0.351. The summed E-state index contributed by atoms with van der Waals surface area (Å²) in [4.78, 5) is 24.0. The zero-order chi connectivity index (χ0) is 20.1. The van der Waals surface area contributed by atoms with E-state index in [0.29, 0.717) is 11.6 Å². The van der Waals surface area contributed by atoms with Crippen LogP contribution in [0.4, 0.5) is 0 Å². The largest absolute Gasteiger partial charge is 0.339 e. The van der Waals surface area contributed by atoms with Gasteiger partial charge in [-0.15, -0.1) is 0 Å². The van der Waals surface area contributed by atoms with Crippen molar-refractivity contribution in [1.29, 1.82) is 0 Å². The summed E-state index contributed by atoms with van der Waals surface area (Å²) in [5.41, 5.74) is 10.9. The summed E-state index contributed by atoms with van der Waals surface area (Å²) >= 11 is 0. The minimum atomic E-state index is -1.02. The van der Waals surface area contributed by atoms with Gasteiger partial charge in [0, 0.05) is 24.2 Å². The number of benzene rings is 2. The Kier molecular flexibility index (Phi) is 6.41. The summed E-state index contributed by atoms with van der Waals surface area (Å²) in [6.07, 6.45) is 2.54. The molecule has 7 heteroatoms. The van der Waals surface area contributed by atoms with Gasteiger partial charge in [0.15, 0.2) is 0 Å². The lowest BCUT2D eigenvalue weighted by Gasteiger charge is -2.20. The van der Waals surface area contributed by atoms with Crippen molar-refractivity contribution >= 4 is 11.8 Å². The number of carbonyl (C=O) groups excluding carboxylic acids is 2. The first-order valence-corrected chi connectivity index (χ1v) is 9.41. The second kappa shape index (κ2) is 8.97. The number of hydroxylamine groups is 1. The average molecular weight is 382 g/mol. The molecule has 2 aromatic carbocycles. The zero-order valence-corrected chi connectivity index (χ0v) is 15.8. The predicted molar refractivity (Wildman–Crippen MR) is 107 cm³/mol. The summed E-state index contributed by atoms with van der Waals surface area (Å²) in [5.74, 6) is -1.19. The van der Waals surface area contributed by atoms with Gasteiger partial charge in [0.25, 0.3) is 11.8 Å². The highest BCUT2D eigenvalue weighted by Crippen LogP contribution is 2.22. The Bertz CT molecular complexity index is 815. The van der Waals surface area contributed by atoms with Crippen LogP contribution in [-0.4, -0.2) is 35.1 Å². The van der Waals surface area contributed by atoms with Crippen LogP contribution in [0.1, 0.15) is 35.7 Å². The standard InChI is InChI=1S/C21H26N4O3/c1-13(22)19(21(27)25-28)24-20(26)17-8-6-16(7-9-17)15-4-2-14(3-5-15)12-23-18-10-11-18/h2-9,13,18-19,23,28H,10-12,22H2,1H3,(H,24,26)(H,25,27)/t13-,19+/m1/s1.